The third kappa shape index (κ3) is 4.53. The SMILES string of the molecule is CCOC(=O)COc1ccc([C@@](O)(C(=O)OCC)C(F)(F)F)c(O)c1. The standard InChI is InChI=1S/C15H17F3O7/c1-3-23-12(20)8-25-9-5-6-10(11(19)7-9)14(22,15(16,17)18)13(21)24-4-2/h5-7,19,22H,3-4,8H2,1-2H3/t14-/m1/s1. The molecule has 0 aliphatic heterocycles. The number of halogens is 3. The third-order valence-corrected chi connectivity index (χ3v) is 3.00. The summed E-state index contributed by atoms with van der Waals surface area (Å²) in [6, 6.07) is 2.33. The van der Waals surface area contributed by atoms with Gasteiger partial charge < -0.3 is 24.4 Å². The van der Waals surface area contributed by atoms with Crippen molar-refractivity contribution in [1.29, 1.82) is 0 Å². The van der Waals surface area contributed by atoms with Crippen LogP contribution in [0.15, 0.2) is 18.2 Å². The minimum Gasteiger partial charge on any atom is -0.507 e. The number of aliphatic hydroxyl groups is 1. The number of benzene rings is 1. The quantitative estimate of drug-likeness (QED) is 0.708. The first-order valence-corrected chi connectivity index (χ1v) is 7.16. The molecule has 0 aliphatic rings. The van der Waals surface area contributed by atoms with Crippen LogP contribution in [-0.2, 0) is 24.7 Å². The summed E-state index contributed by atoms with van der Waals surface area (Å²) in [5.41, 5.74) is -5.17. The normalized spacial score (nSPS) is 13.7. The molecule has 0 spiro atoms. The van der Waals surface area contributed by atoms with Crippen LogP contribution in [0, 0.1) is 0 Å². The van der Waals surface area contributed by atoms with Crippen molar-refractivity contribution >= 4 is 11.9 Å². The van der Waals surface area contributed by atoms with E-state index in [1.807, 2.05) is 0 Å². The highest BCUT2D eigenvalue weighted by Gasteiger charge is 2.63. The monoisotopic (exact) mass is 366 g/mol. The third-order valence-electron chi connectivity index (χ3n) is 3.00. The fourth-order valence-corrected chi connectivity index (χ4v) is 1.87. The predicted molar refractivity (Wildman–Crippen MR) is 76.8 cm³/mol. The topological polar surface area (TPSA) is 102 Å². The molecule has 0 heterocycles. The van der Waals surface area contributed by atoms with Gasteiger partial charge in [0.05, 0.1) is 13.2 Å². The van der Waals surface area contributed by atoms with Gasteiger partial charge in [0, 0.05) is 11.6 Å². The van der Waals surface area contributed by atoms with E-state index in [1.54, 1.807) is 6.92 Å². The van der Waals surface area contributed by atoms with Crippen LogP contribution in [0.2, 0.25) is 0 Å². The van der Waals surface area contributed by atoms with Crippen molar-refractivity contribution in [3.05, 3.63) is 23.8 Å². The summed E-state index contributed by atoms with van der Waals surface area (Å²) in [5, 5.41) is 19.7. The van der Waals surface area contributed by atoms with Crippen LogP contribution < -0.4 is 4.74 Å². The Labute approximate surface area is 140 Å². The van der Waals surface area contributed by atoms with Crippen LogP contribution in [0.3, 0.4) is 0 Å². The van der Waals surface area contributed by atoms with Gasteiger partial charge >= 0.3 is 18.1 Å². The second kappa shape index (κ2) is 8.06. The molecule has 0 unspecified atom stereocenters. The maximum Gasteiger partial charge on any atom is 0.432 e. The Bertz CT molecular complexity index is 630. The highest BCUT2D eigenvalue weighted by atomic mass is 19.4. The van der Waals surface area contributed by atoms with E-state index in [0.717, 1.165) is 12.1 Å². The zero-order valence-electron chi connectivity index (χ0n) is 13.4. The van der Waals surface area contributed by atoms with E-state index >= 15 is 0 Å². The number of hydrogen-bond acceptors (Lipinski definition) is 7. The molecule has 2 N–H and O–H groups in total. The summed E-state index contributed by atoms with van der Waals surface area (Å²) in [6.07, 6.45) is -5.44. The van der Waals surface area contributed by atoms with Crippen molar-refractivity contribution in [2.45, 2.75) is 25.6 Å². The van der Waals surface area contributed by atoms with Crippen molar-refractivity contribution in [3.63, 3.8) is 0 Å². The highest BCUT2D eigenvalue weighted by molar-refractivity contribution is 5.83. The fourth-order valence-electron chi connectivity index (χ4n) is 1.87. The minimum atomic E-state index is -5.44. The summed E-state index contributed by atoms with van der Waals surface area (Å²) in [5.74, 6) is -3.92. The van der Waals surface area contributed by atoms with Gasteiger partial charge in [0.15, 0.2) is 6.61 Å². The molecule has 7 nitrogen and oxygen atoms in total. The Morgan fingerprint density at radius 1 is 1.12 bits per heavy atom. The van der Waals surface area contributed by atoms with Gasteiger partial charge in [-0.1, -0.05) is 0 Å². The van der Waals surface area contributed by atoms with Crippen molar-refractivity contribution in [1.82, 2.24) is 0 Å². The van der Waals surface area contributed by atoms with E-state index in [2.05, 4.69) is 9.47 Å². The number of phenols is 1. The second-order valence-electron chi connectivity index (χ2n) is 4.70. The summed E-state index contributed by atoms with van der Waals surface area (Å²) < 4.78 is 53.5. The summed E-state index contributed by atoms with van der Waals surface area (Å²) >= 11 is 0. The molecular weight excluding hydrogens is 349 g/mol. The number of hydrogen-bond donors (Lipinski definition) is 2. The predicted octanol–water partition coefficient (Wildman–Crippen LogP) is 1.65. The molecule has 0 amide bonds. The van der Waals surface area contributed by atoms with Crippen molar-refractivity contribution in [2.75, 3.05) is 19.8 Å². The molecular formula is C15H17F3O7. The molecule has 1 aromatic rings. The zero-order chi connectivity index (χ0) is 19.3. The summed E-state index contributed by atoms with van der Waals surface area (Å²) in [6.45, 7) is 2.02. The van der Waals surface area contributed by atoms with Gasteiger partial charge in [0.2, 0.25) is 0 Å². The number of aromatic hydroxyl groups is 1. The van der Waals surface area contributed by atoms with Crippen LogP contribution in [0.1, 0.15) is 19.4 Å². The lowest BCUT2D eigenvalue weighted by Crippen LogP contribution is -2.50. The van der Waals surface area contributed by atoms with Gasteiger partial charge in [-0.2, -0.15) is 13.2 Å². The van der Waals surface area contributed by atoms with Gasteiger partial charge in [-0.3, -0.25) is 0 Å². The molecule has 0 radical (unpaired) electrons. The number of esters is 2. The lowest BCUT2D eigenvalue weighted by atomic mass is 9.92. The first kappa shape index (κ1) is 20.6. The summed E-state index contributed by atoms with van der Waals surface area (Å²) in [4.78, 5) is 22.8. The van der Waals surface area contributed by atoms with Crippen molar-refractivity contribution < 1.29 is 47.2 Å². The summed E-state index contributed by atoms with van der Waals surface area (Å²) in [7, 11) is 0. The van der Waals surface area contributed by atoms with Crippen LogP contribution in [-0.4, -0.2) is 48.1 Å². The van der Waals surface area contributed by atoms with Gasteiger partial charge in [-0.25, -0.2) is 9.59 Å². The number of carbonyl (C=O) groups is 2. The van der Waals surface area contributed by atoms with E-state index in [4.69, 9.17) is 4.74 Å². The smallest absolute Gasteiger partial charge is 0.432 e. The van der Waals surface area contributed by atoms with Gasteiger partial charge in [0.25, 0.3) is 5.60 Å². The average molecular weight is 366 g/mol. The number of ether oxygens (including phenoxy) is 3. The molecule has 25 heavy (non-hydrogen) atoms. The molecule has 0 aliphatic carbocycles. The Kier molecular flexibility index (Phi) is 6.63. The van der Waals surface area contributed by atoms with E-state index < -0.39 is 48.2 Å². The maximum atomic E-state index is 13.2. The molecule has 140 valence electrons. The molecule has 1 aromatic carbocycles. The minimum absolute atomic E-state index is 0.116. The van der Waals surface area contributed by atoms with Crippen LogP contribution in [0.5, 0.6) is 11.5 Å². The molecule has 0 bridgehead atoms. The molecule has 10 heteroatoms. The molecule has 0 fully saturated rings. The second-order valence-corrected chi connectivity index (χ2v) is 4.70. The molecule has 0 aromatic heterocycles. The van der Waals surface area contributed by atoms with Crippen LogP contribution >= 0.6 is 0 Å². The van der Waals surface area contributed by atoms with Crippen molar-refractivity contribution in [3.8, 4) is 11.5 Å². The first-order valence-electron chi connectivity index (χ1n) is 7.16. The molecule has 1 atom stereocenters. The zero-order valence-corrected chi connectivity index (χ0v) is 13.4. The Morgan fingerprint density at radius 2 is 1.72 bits per heavy atom. The van der Waals surface area contributed by atoms with E-state index in [1.165, 1.54) is 6.92 Å². The van der Waals surface area contributed by atoms with Crippen LogP contribution in [0.25, 0.3) is 0 Å². The molecule has 0 saturated carbocycles. The first-order chi connectivity index (χ1) is 11.6. The fraction of sp³-hybridized carbons (Fsp3) is 0.467. The molecule has 0 saturated heterocycles. The average Bonchev–Trinajstić information content (AvgIpc) is 2.51. The largest absolute Gasteiger partial charge is 0.507 e. The Balaban J connectivity index is 3.14. The van der Waals surface area contributed by atoms with E-state index in [0.29, 0.717) is 6.07 Å². The Hall–Kier alpha value is -2.49. The van der Waals surface area contributed by atoms with Crippen molar-refractivity contribution in [2.24, 2.45) is 0 Å². The molecule has 1 rings (SSSR count). The van der Waals surface area contributed by atoms with Gasteiger partial charge in [0.1, 0.15) is 11.5 Å². The maximum absolute atomic E-state index is 13.2. The van der Waals surface area contributed by atoms with Gasteiger partial charge in [-0.05, 0) is 26.0 Å². The number of carbonyl (C=O) groups excluding carboxylic acids is 2. The lowest BCUT2D eigenvalue weighted by Gasteiger charge is -2.29. The Morgan fingerprint density at radius 3 is 2.20 bits per heavy atom. The van der Waals surface area contributed by atoms with Gasteiger partial charge in [-0.15, -0.1) is 0 Å². The van der Waals surface area contributed by atoms with Crippen LogP contribution in [0.4, 0.5) is 13.2 Å². The lowest BCUT2D eigenvalue weighted by molar-refractivity contribution is -0.268. The number of phenolic OH excluding ortho intramolecular Hbond substituents is 1. The number of rotatable bonds is 7. The van der Waals surface area contributed by atoms with E-state index in [9.17, 15) is 33.0 Å². The number of alkyl halides is 3. The highest BCUT2D eigenvalue weighted by Crippen LogP contribution is 2.44. The van der Waals surface area contributed by atoms with E-state index in [-0.39, 0.29) is 12.4 Å².